The topological polar surface area (TPSA) is 29.1 Å². The summed E-state index contributed by atoms with van der Waals surface area (Å²) in [4.78, 5) is 11.0. The fraction of sp³-hybridized carbons (Fsp3) is 0.200. The average Bonchev–Trinajstić information content (AvgIpc) is 2.25. The van der Waals surface area contributed by atoms with Crippen molar-refractivity contribution in [3.63, 3.8) is 0 Å². The molecule has 0 aromatic rings. The Bertz CT molecular complexity index is 286. The number of fused-ring (bicyclic) bond motifs is 1. The van der Waals surface area contributed by atoms with Crippen LogP contribution in [0.5, 0.6) is 0 Å². The maximum atomic E-state index is 11.0. The van der Waals surface area contributed by atoms with Crippen molar-refractivity contribution in [3.05, 3.63) is 42.5 Å². The van der Waals surface area contributed by atoms with Crippen LogP contribution in [0.4, 0.5) is 0 Å². The lowest BCUT2D eigenvalue weighted by Gasteiger charge is -2.14. The van der Waals surface area contributed by atoms with Crippen LogP contribution in [0, 0.1) is 12.3 Å². The first-order valence-electron chi connectivity index (χ1n) is 3.95. The predicted octanol–water partition coefficient (Wildman–Crippen LogP) is 1.21. The number of rotatable bonds is 0. The molecular weight excluding hydrogens is 150 g/mol. The number of nitrogens with one attached hydrogen (secondary N) is 1. The van der Waals surface area contributed by atoms with Crippen LogP contribution in [0.25, 0.3) is 0 Å². The summed E-state index contributed by atoms with van der Waals surface area (Å²) in [5.41, 5.74) is 1.07. The molecule has 0 spiro atoms. The number of amides is 1. The molecule has 0 fully saturated rings. The minimum Gasteiger partial charge on any atom is -0.329 e. The van der Waals surface area contributed by atoms with Gasteiger partial charge in [0.15, 0.2) is 0 Å². The van der Waals surface area contributed by atoms with E-state index in [-0.39, 0.29) is 5.91 Å². The summed E-state index contributed by atoms with van der Waals surface area (Å²) in [6.07, 6.45) is 13.1. The zero-order valence-electron chi connectivity index (χ0n) is 6.58. The predicted molar refractivity (Wildman–Crippen MR) is 45.9 cm³/mol. The first-order valence-corrected chi connectivity index (χ1v) is 3.95. The molecule has 1 unspecified atom stereocenters. The largest absolute Gasteiger partial charge is 0.329 e. The molecule has 1 atom stereocenters. The van der Waals surface area contributed by atoms with Gasteiger partial charge in [-0.1, -0.05) is 18.2 Å². The van der Waals surface area contributed by atoms with Gasteiger partial charge in [-0.25, -0.2) is 0 Å². The lowest BCUT2D eigenvalue weighted by molar-refractivity contribution is -0.115. The van der Waals surface area contributed by atoms with Crippen molar-refractivity contribution in [2.45, 2.75) is 6.42 Å². The summed E-state index contributed by atoms with van der Waals surface area (Å²) in [6.45, 7) is 0. The molecule has 1 aliphatic carbocycles. The zero-order chi connectivity index (χ0) is 8.39. The third-order valence-corrected chi connectivity index (χ3v) is 2.01. The van der Waals surface area contributed by atoms with Gasteiger partial charge in [0, 0.05) is 24.6 Å². The Kier molecular flexibility index (Phi) is 1.82. The first kappa shape index (κ1) is 7.35. The Morgan fingerprint density at radius 3 is 3.42 bits per heavy atom. The van der Waals surface area contributed by atoms with Gasteiger partial charge >= 0.3 is 0 Å². The molecule has 0 bridgehead atoms. The van der Waals surface area contributed by atoms with E-state index in [1.807, 2.05) is 18.2 Å². The molecular formula is C10H9NO. The highest BCUT2D eigenvalue weighted by Gasteiger charge is 2.15. The summed E-state index contributed by atoms with van der Waals surface area (Å²) < 4.78 is 0. The fourth-order valence-electron chi connectivity index (χ4n) is 1.37. The standard InChI is InChI=1S/C10H9NO/c12-10-7-9-4-2-1-3-8(9)5-6-11-10/h2,4-8H,3H2,(H,11,12). The summed E-state index contributed by atoms with van der Waals surface area (Å²) in [5.74, 6) is 0.282. The second kappa shape index (κ2) is 2.97. The minimum absolute atomic E-state index is 0.0460. The molecule has 0 saturated carbocycles. The van der Waals surface area contributed by atoms with E-state index in [1.165, 1.54) is 0 Å². The second-order valence-corrected chi connectivity index (χ2v) is 2.86. The Morgan fingerprint density at radius 1 is 1.58 bits per heavy atom. The van der Waals surface area contributed by atoms with Gasteiger partial charge in [-0.3, -0.25) is 4.79 Å². The number of hydrogen-bond acceptors (Lipinski definition) is 1. The molecule has 2 nitrogen and oxygen atoms in total. The van der Waals surface area contributed by atoms with Crippen molar-refractivity contribution >= 4 is 5.91 Å². The fourth-order valence-corrected chi connectivity index (χ4v) is 1.37. The highest BCUT2D eigenvalue weighted by atomic mass is 16.1. The number of carbonyl (C=O) groups excluding carboxylic acids is 1. The van der Waals surface area contributed by atoms with Crippen molar-refractivity contribution in [3.8, 4) is 0 Å². The van der Waals surface area contributed by atoms with Gasteiger partial charge in [-0.15, -0.1) is 0 Å². The first-order chi connectivity index (χ1) is 5.86. The van der Waals surface area contributed by atoms with Crippen LogP contribution in [0.15, 0.2) is 36.1 Å². The van der Waals surface area contributed by atoms with Crippen LogP contribution in [0.3, 0.4) is 0 Å². The van der Waals surface area contributed by atoms with Crippen molar-refractivity contribution < 1.29 is 4.79 Å². The van der Waals surface area contributed by atoms with E-state index in [0.717, 1.165) is 12.0 Å². The SMILES string of the molecule is O=C1C=C2C=C[C]CC2C=CN1. The Balaban J connectivity index is 2.34. The third kappa shape index (κ3) is 1.33. The summed E-state index contributed by atoms with van der Waals surface area (Å²) in [7, 11) is 0. The highest BCUT2D eigenvalue weighted by molar-refractivity contribution is 5.90. The number of allylic oxidation sites excluding steroid dienone is 4. The van der Waals surface area contributed by atoms with Gasteiger partial charge < -0.3 is 5.32 Å². The molecule has 2 heteroatoms. The monoisotopic (exact) mass is 159 g/mol. The Morgan fingerprint density at radius 2 is 2.50 bits per heavy atom. The lowest BCUT2D eigenvalue weighted by atomic mass is 9.89. The molecule has 0 saturated heterocycles. The number of hydrogen-bond donors (Lipinski definition) is 1. The van der Waals surface area contributed by atoms with Crippen LogP contribution in [0.1, 0.15) is 6.42 Å². The van der Waals surface area contributed by atoms with Gasteiger partial charge in [0.2, 0.25) is 5.91 Å². The van der Waals surface area contributed by atoms with Gasteiger partial charge in [-0.2, -0.15) is 0 Å². The molecule has 2 aliphatic rings. The molecule has 0 aromatic heterocycles. The Hall–Kier alpha value is -1.31. The van der Waals surface area contributed by atoms with E-state index in [1.54, 1.807) is 12.3 Å². The lowest BCUT2D eigenvalue weighted by Crippen LogP contribution is -2.12. The Labute approximate surface area is 71.7 Å². The molecule has 1 amide bonds. The second-order valence-electron chi connectivity index (χ2n) is 2.86. The average molecular weight is 159 g/mol. The zero-order valence-corrected chi connectivity index (χ0v) is 6.58. The van der Waals surface area contributed by atoms with E-state index in [4.69, 9.17) is 0 Å². The third-order valence-electron chi connectivity index (χ3n) is 2.01. The van der Waals surface area contributed by atoms with Crippen molar-refractivity contribution in [1.82, 2.24) is 5.32 Å². The molecule has 0 aromatic carbocycles. The quantitative estimate of drug-likeness (QED) is 0.565. The molecule has 12 heavy (non-hydrogen) atoms. The van der Waals surface area contributed by atoms with Gasteiger partial charge in [0.05, 0.1) is 0 Å². The van der Waals surface area contributed by atoms with Crippen LogP contribution >= 0.6 is 0 Å². The molecule has 1 aliphatic heterocycles. The van der Waals surface area contributed by atoms with Crippen LogP contribution < -0.4 is 5.32 Å². The summed E-state index contributed by atoms with van der Waals surface area (Å²) in [6, 6.07) is 0. The van der Waals surface area contributed by atoms with Crippen LogP contribution in [-0.2, 0) is 4.79 Å². The maximum absolute atomic E-state index is 11.0. The van der Waals surface area contributed by atoms with Crippen LogP contribution in [-0.4, -0.2) is 5.91 Å². The summed E-state index contributed by atoms with van der Waals surface area (Å²) in [5, 5.41) is 2.64. The van der Waals surface area contributed by atoms with Crippen molar-refractivity contribution in [1.29, 1.82) is 0 Å². The van der Waals surface area contributed by atoms with Crippen LogP contribution in [0.2, 0.25) is 0 Å². The molecule has 1 N–H and O–H groups in total. The van der Waals surface area contributed by atoms with E-state index in [9.17, 15) is 4.79 Å². The van der Waals surface area contributed by atoms with Gasteiger partial charge in [0.25, 0.3) is 0 Å². The maximum Gasteiger partial charge on any atom is 0.248 e. The number of carbonyl (C=O) groups is 1. The van der Waals surface area contributed by atoms with E-state index < -0.39 is 0 Å². The van der Waals surface area contributed by atoms with E-state index >= 15 is 0 Å². The minimum atomic E-state index is -0.0460. The van der Waals surface area contributed by atoms with E-state index in [2.05, 4.69) is 11.7 Å². The van der Waals surface area contributed by atoms with Crippen molar-refractivity contribution in [2.24, 2.45) is 5.92 Å². The summed E-state index contributed by atoms with van der Waals surface area (Å²) >= 11 is 0. The molecule has 2 radical (unpaired) electrons. The van der Waals surface area contributed by atoms with Crippen molar-refractivity contribution in [2.75, 3.05) is 0 Å². The van der Waals surface area contributed by atoms with Gasteiger partial charge in [0.1, 0.15) is 0 Å². The van der Waals surface area contributed by atoms with Gasteiger partial charge in [-0.05, 0) is 12.0 Å². The molecule has 2 rings (SSSR count). The molecule has 60 valence electrons. The highest BCUT2D eigenvalue weighted by Crippen LogP contribution is 2.25. The molecule has 1 heterocycles. The normalized spacial score (nSPS) is 27.2. The smallest absolute Gasteiger partial charge is 0.248 e. The van der Waals surface area contributed by atoms with E-state index in [0.29, 0.717) is 5.92 Å².